The lowest BCUT2D eigenvalue weighted by Crippen LogP contribution is -2.50. The summed E-state index contributed by atoms with van der Waals surface area (Å²) in [6.45, 7) is 9.67. The molecule has 3 aliphatic rings. The number of nitrogens with zero attached hydrogens (tertiary/aromatic N) is 2. The van der Waals surface area contributed by atoms with E-state index in [4.69, 9.17) is 14.2 Å². The molecule has 38 heavy (non-hydrogen) atoms. The fourth-order valence-electron chi connectivity index (χ4n) is 4.99. The van der Waals surface area contributed by atoms with E-state index in [2.05, 4.69) is 23.1 Å². The number of allylic oxidation sites excluding steroid dienone is 2. The number of aliphatic hydroxyl groups is 1. The van der Waals surface area contributed by atoms with Crippen LogP contribution in [0.3, 0.4) is 0 Å². The molecule has 2 heterocycles. The van der Waals surface area contributed by atoms with E-state index in [0.717, 1.165) is 17.6 Å². The van der Waals surface area contributed by atoms with Crippen LogP contribution in [0.2, 0.25) is 0 Å². The molecule has 0 spiro atoms. The van der Waals surface area contributed by atoms with Crippen molar-refractivity contribution in [3.8, 4) is 0 Å². The number of aliphatic hydroxyl groups excluding tert-OH is 1. The fraction of sp³-hybridized carbons (Fsp3) is 0.533. The quantitative estimate of drug-likeness (QED) is 0.498. The van der Waals surface area contributed by atoms with Crippen molar-refractivity contribution in [1.82, 2.24) is 9.80 Å². The van der Waals surface area contributed by atoms with E-state index >= 15 is 0 Å². The number of aryl methyl sites for hydroxylation is 1. The van der Waals surface area contributed by atoms with Crippen molar-refractivity contribution >= 4 is 11.9 Å². The summed E-state index contributed by atoms with van der Waals surface area (Å²) in [6, 6.07) is 10.1. The van der Waals surface area contributed by atoms with Gasteiger partial charge in [-0.05, 0) is 45.6 Å². The Balaban J connectivity index is 1.41. The van der Waals surface area contributed by atoms with Gasteiger partial charge < -0.3 is 24.2 Å². The molecule has 1 saturated heterocycles. The molecule has 1 aromatic carbocycles. The van der Waals surface area contributed by atoms with Crippen LogP contribution in [-0.4, -0.2) is 84.4 Å². The molecule has 0 aromatic heterocycles. The Labute approximate surface area is 225 Å². The summed E-state index contributed by atoms with van der Waals surface area (Å²) in [5.41, 5.74) is 2.09. The van der Waals surface area contributed by atoms with Gasteiger partial charge in [-0.25, -0.2) is 4.79 Å². The first-order valence-electron chi connectivity index (χ1n) is 13.5. The van der Waals surface area contributed by atoms with E-state index < -0.39 is 5.60 Å². The van der Waals surface area contributed by atoms with Crippen molar-refractivity contribution in [3.05, 3.63) is 70.7 Å². The van der Waals surface area contributed by atoms with Gasteiger partial charge in [0.2, 0.25) is 5.78 Å². The third-order valence-corrected chi connectivity index (χ3v) is 6.91. The highest BCUT2D eigenvalue weighted by atomic mass is 16.6. The first-order valence-corrected chi connectivity index (χ1v) is 13.5. The first-order chi connectivity index (χ1) is 18.2. The number of carbonyl (C=O) groups excluding carboxylic acids is 2. The standard InChI is InChI=1S/C30H40N2O6/c1-30(2,3)38-29(35)32-16-14-31(15-17-32)18-20-37-28-23(13-12-22-9-5-4-6-10-22)27(24(33)21-25(28)34)26-11-7-8-19-36-26/h4-10,26,33H,11-21H2,1-3H3. The van der Waals surface area contributed by atoms with Crippen LogP contribution >= 0.6 is 0 Å². The Morgan fingerprint density at radius 1 is 1.08 bits per heavy atom. The van der Waals surface area contributed by atoms with Gasteiger partial charge in [0, 0.05) is 43.9 Å². The van der Waals surface area contributed by atoms with Crippen molar-refractivity contribution in [2.24, 2.45) is 0 Å². The zero-order valence-corrected chi connectivity index (χ0v) is 22.8. The van der Waals surface area contributed by atoms with E-state index in [9.17, 15) is 14.7 Å². The SMILES string of the molecule is CC(C)(C)OC(=O)N1CCN(CCOC2=C(CCc3ccccc3)C(C3CC=CCO3)=C(O)CC2=O)CC1. The van der Waals surface area contributed by atoms with E-state index in [1.54, 1.807) is 4.90 Å². The second kappa shape index (κ2) is 12.6. The molecule has 0 saturated carbocycles. The number of rotatable bonds is 8. The minimum absolute atomic E-state index is 0.0718. The van der Waals surface area contributed by atoms with Gasteiger partial charge in [-0.1, -0.05) is 42.5 Å². The molecule has 4 rings (SSSR count). The second-order valence-corrected chi connectivity index (χ2v) is 10.9. The first kappa shape index (κ1) is 27.9. The number of benzene rings is 1. The van der Waals surface area contributed by atoms with Crippen LogP contribution in [0.5, 0.6) is 0 Å². The van der Waals surface area contributed by atoms with E-state index in [1.165, 1.54) is 0 Å². The van der Waals surface area contributed by atoms with Crippen molar-refractivity contribution in [2.45, 2.75) is 58.2 Å². The van der Waals surface area contributed by atoms with Crippen LogP contribution < -0.4 is 0 Å². The molecular weight excluding hydrogens is 484 g/mol. The number of hydrogen-bond donors (Lipinski definition) is 1. The van der Waals surface area contributed by atoms with Crippen molar-refractivity contribution in [1.29, 1.82) is 0 Å². The van der Waals surface area contributed by atoms with Gasteiger partial charge in [-0.15, -0.1) is 0 Å². The molecule has 0 radical (unpaired) electrons. The highest BCUT2D eigenvalue weighted by molar-refractivity contribution is 5.98. The number of carbonyl (C=O) groups is 2. The molecule has 1 amide bonds. The number of ketones is 1. The van der Waals surface area contributed by atoms with E-state index in [0.29, 0.717) is 70.1 Å². The number of piperazine rings is 1. The number of Topliss-reactive ketones (excluding diaryl/α,β-unsaturated/α-hetero) is 1. The largest absolute Gasteiger partial charge is 0.511 e. The number of hydrogen-bond acceptors (Lipinski definition) is 7. The normalized spacial score (nSPS) is 21.2. The molecule has 8 heteroatoms. The lowest BCUT2D eigenvalue weighted by atomic mass is 9.85. The van der Waals surface area contributed by atoms with Crippen LogP contribution in [0.15, 0.2) is 65.1 Å². The average Bonchev–Trinajstić information content (AvgIpc) is 2.89. The second-order valence-electron chi connectivity index (χ2n) is 10.9. The lowest BCUT2D eigenvalue weighted by Gasteiger charge is -2.35. The zero-order chi connectivity index (χ0) is 27.1. The molecule has 1 N–H and O–H groups in total. The molecule has 1 aromatic rings. The molecule has 1 aliphatic carbocycles. The summed E-state index contributed by atoms with van der Waals surface area (Å²) in [5, 5.41) is 10.9. The summed E-state index contributed by atoms with van der Waals surface area (Å²) >= 11 is 0. The molecule has 206 valence electrons. The van der Waals surface area contributed by atoms with Crippen molar-refractivity contribution in [3.63, 3.8) is 0 Å². The predicted octanol–water partition coefficient (Wildman–Crippen LogP) is 4.57. The van der Waals surface area contributed by atoms with Gasteiger partial charge >= 0.3 is 6.09 Å². The summed E-state index contributed by atoms with van der Waals surface area (Å²) in [7, 11) is 0. The van der Waals surface area contributed by atoms with Crippen molar-refractivity contribution in [2.75, 3.05) is 45.9 Å². The Bertz CT molecular complexity index is 1080. The van der Waals surface area contributed by atoms with Gasteiger partial charge in [0.1, 0.15) is 18.0 Å². The van der Waals surface area contributed by atoms with Crippen molar-refractivity contribution < 1.29 is 28.9 Å². The lowest BCUT2D eigenvalue weighted by molar-refractivity contribution is -0.119. The smallest absolute Gasteiger partial charge is 0.410 e. The van der Waals surface area contributed by atoms with Gasteiger partial charge in [-0.2, -0.15) is 0 Å². The van der Waals surface area contributed by atoms with Gasteiger partial charge in [0.25, 0.3) is 0 Å². The molecule has 1 atom stereocenters. The summed E-state index contributed by atoms with van der Waals surface area (Å²) in [4.78, 5) is 29.4. The Hall–Kier alpha value is -3.10. The Kier molecular flexibility index (Phi) is 9.28. The highest BCUT2D eigenvalue weighted by Crippen LogP contribution is 2.36. The minimum Gasteiger partial charge on any atom is -0.511 e. The maximum Gasteiger partial charge on any atom is 0.410 e. The molecule has 1 unspecified atom stereocenters. The Morgan fingerprint density at radius 2 is 1.82 bits per heavy atom. The van der Waals surface area contributed by atoms with Crippen LogP contribution in [0.4, 0.5) is 4.79 Å². The maximum absolute atomic E-state index is 13.1. The van der Waals surface area contributed by atoms with Gasteiger partial charge in [0.05, 0.1) is 19.1 Å². The van der Waals surface area contributed by atoms with Gasteiger partial charge in [-0.3, -0.25) is 9.69 Å². The number of ether oxygens (including phenoxy) is 3. The topological polar surface area (TPSA) is 88.5 Å². The summed E-state index contributed by atoms with van der Waals surface area (Å²) in [5.74, 6) is 0.235. The van der Waals surface area contributed by atoms with Gasteiger partial charge in [0.15, 0.2) is 5.76 Å². The Morgan fingerprint density at radius 3 is 2.47 bits per heavy atom. The van der Waals surface area contributed by atoms with Crippen LogP contribution in [0.25, 0.3) is 0 Å². The summed E-state index contributed by atoms with van der Waals surface area (Å²) in [6.07, 6.45) is 5.32. The molecule has 2 aliphatic heterocycles. The maximum atomic E-state index is 13.1. The van der Waals surface area contributed by atoms with Crippen LogP contribution in [0.1, 0.15) is 45.6 Å². The van der Waals surface area contributed by atoms with E-state index in [1.807, 2.05) is 45.0 Å². The molecule has 1 fully saturated rings. The van der Waals surface area contributed by atoms with Crippen LogP contribution in [0, 0.1) is 0 Å². The number of amides is 1. The van der Waals surface area contributed by atoms with E-state index in [-0.39, 0.29) is 30.2 Å². The monoisotopic (exact) mass is 524 g/mol. The molecular formula is C30H40N2O6. The minimum atomic E-state index is -0.513. The summed E-state index contributed by atoms with van der Waals surface area (Å²) < 4.78 is 17.6. The molecule has 8 nitrogen and oxygen atoms in total. The molecule has 0 bridgehead atoms. The highest BCUT2D eigenvalue weighted by Gasteiger charge is 2.34. The average molecular weight is 525 g/mol. The third kappa shape index (κ3) is 7.48. The fourth-order valence-corrected chi connectivity index (χ4v) is 4.99. The predicted molar refractivity (Wildman–Crippen MR) is 145 cm³/mol. The zero-order valence-electron chi connectivity index (χ0n) is 22.8. The third-order valence-electron chi connectivity index (χ3n) is 6.91. The van der Waals surface area contributed by atoms with Crippen LogP contribution in [-0.2, 0) is 25.4 Å².